The Morgan fingerprint density at radius 3 is 2.67 bits per heavy atom. The highest BCUT2D eigenvalue weighted by Crippen LogP contribution is 2.32. The predicted molar refractivity (Wildman–Crippen MR) is 102 cm³/mol. The number of likely N-dealkylation sites (tertiary alicyclic amines) is 2. The third kappa shape index (κ3) is 4.75. The fourth-order valence-electron chi connectivity index (χ4n) is 4.07. The van der Waals surface area contributed by atoms with Crippen molar-refractivity contribution in [3.63, 3.8) is 0 Å². The molecule has 2 aliphatic rings. The van der Waals surface area contributed by atoms with Gasteiger partial charge in [-0.1, -0.05) is 18.2 Å². The topological polar surface area (TPSA) is 43.9 Å². The molecular weight excluding hydrogens is 345 g/mol. The number of carbonyl (C=O) groups is 2. The molecule has 0 N–H and O–H groups in total. The minimum atomic E-state index is -0.277. The molecular formula is C21H28FN3O2. The number of rotatable bonds is 5. The van der Waals surface area contributed by atoms with Crippen LogP contribution in [-0.4, -0.2) is 65.8 Å². The van der Waals surface area contributed by atoms with E-state index in [4.69, 9.17) is 0 Å². The quantitative estimate of drug-likeness (QED) is 0.745. The van der Waals surface area contributed by atoms with Crippen LogP contribution in [0.5, 0.6) is 0 Å². The first-order valence-electron chi connectivity index (χ1n) is 9.61. The Morgan fingerprint density at radius 2 is 1.96 bits per heavy atom. The lowest BCUT2D eigenvalue weighted by Gasteiger charge is -2.33. The van der Waals surface area contributed by atoms with Crippen molar-refractivity contribution in [2.24, 2.45) is 0 Å². The summed E-state index contributed by atoms with van der Waals surface area (Å²) in [7, 11) is 3.93. The van der Waals surface area contributed by atoms with E-state index in [2.05, 4.69) is 0 Å². The lowest BCUT2D eigenvalue weighted by molar-refractivity contribution is -0.135. The number of amides is 2. The average Bonchev–Trinajstić information content (AvgIpc) is 2.98. The van der Waals surface area contributed by atoms with Crippen LogP contribution in [0.4, 0.5) is 4.39 Å². The molecule has 2 fully saturated rings. The fourth-order valence-corrected chi connectivity index (χ4v) is 4.07. The van der Waals surface area contributed by atoms with Crippen LogP contribution in [0, 0.1) is 5.82 Å². The molecule has 1 aromatic carbocycles. The standard InChI is InChI=1S/C21H28FN3O2/c1-23(2)13-4-7-20(26)24-14-12-19-18(24)5-3-6-21(27)25(19)15-16-8-10-17(22)11-9-16/h4,7-11,18-19H,3,5-6,12-15H2,1-2H3/b7-4+/t18-,19-/m0/s1. The van der Waals surface area contributed by atoms with Crippen LogP contribution in [-0.2, 0) is 16.1 Å². The predicted octanol–water partition coefficient (Wildman–Crippen LogP) is 2.43. The van der Waals surface area contributed by atoms with Crippen molar-refractivity contribution in [3.8, 4) is 0 Å². The Labute approximate surface area is 160 Å². The van der Waals surface area contributed by atoms with E-state index in [-0.39, 0.29) is 29.7 Å². The van der Waals surface area contributed by atoms with Gasteiger partial charge in [0, 0.05) is 32.1 Å². The molecule has 2 heterocycles. The first-order chi connectivity index (χ1) is 13.0. The van der Waals surface area contributed by atoms with Gasteiger partial charge in [0.2, 0.25) is 11.8 Å². The van der Waals surface area contributed by atoms with E-state index in [9.17, 15) is 14.0 Å². The van der Waals surface area contributed by atoms with E-state index in [1.165, 1.54) is 12.1 Å². The number of nitrogens with zero attached hydrogens (tertiary/aromatic N) is 3. The molecule has 0 saturated carbocycles. The summed E-state index contributed by atoms with van der Waals surface area (Å²) in [5, 5.41) is 0. The van der Waals surface area contributed by atoms with Gasteiger partial charge in [-0.2, -0.15) is 0 Å². The van der Waals surface area contributed by atoms with Gasteiger partial charge < -0.3 is 14.7 Å². The number of hydrogen-bond donors (Lipinski definition) is 0. The average molecular weight is 373 g/mol. The summed E-state index contributed by atoms with van der Waals surface area (Å²) in [5.41, 5.74) is 0.918. The Kier molecular flexibility index (Phi) is 6.26. The van der Waals surface area contributed by atoms with E-state index < -0.39 is 0 Å². The van der Waals surface area contributed by atoms with Gasteiger partial charge in [-0.3, -0.25) is 9.59 Å². The maximum atomic E-state index is 13.2. The summed E-state index contributed by atoms with van der Waals surface area (Å²) in [6.07, 6.45) is 6.49. The van der Waals surface area contributed by atoms with E-state index in [1.807, 2.05) is 34.9 Å². The van der Waals surface area contributed by atoms with Crippen molar-refractivity contribution >= 4 is 11.8 Å². The van der Waals surface area contributed by atoms with Crippen molar-refractivity contribution in [1.82, 2.24) is 14.7 Å². The molecule has 27 heavy (non-hydrogen) atoms. The molecule has 0 unspecified atom stereocenters. The number of hydrogen-bond acceptors (Lipinski definition) is 3. The third-order valence-corrected chi connectivity index (χ3v) is 5.40. The van der Waals surface area contributed by atoms with Gasteiger partial charge >= 0.3 is 0 Å². The molecule has 146 valence electrons. The molecule has 0 aliphatic carbocycles. The Hall–Kier alpha value is -2.21. The van der Waals surface area contributed by atoms with Crippen molar-refractivity contribution in [2.75, 3.05) is 27.2 Å². The minimum absolute atomic E-state index is 0.0282. The van der Waals surface area contributed by atoms with Crippen LogP contribution < -0.4 is 0 Å². The van der Waals surface area contributed by atoms with Crippen LogP contribution in [0.2, 0.25) is 0 Å². The van der Waals surface area contributed by atoms with Gasteiger partial charge in [0.1, 0.15) is 5.82 Å². The van der Waals surface area contributed by atoms with Gasteiger partial charge in [-0.15, -0.1) is 0 Å². The van der Waals surface area contributed by atoms with Crippen molar-refractivity contribution < 1.29 is 14.0 Å². The monoisotopic (exact) mass is 373 g/mol. The highest BCUT2D eigenvalue weighted by atomic mass is 19.1. The lowest BCUT2D eigenvalue weighted by atomic mass is 10.0. The number of benzene rings is 1. The highest BCUT2D eigenvalue weighted by molar-refractivity contribution is 5.88. The maximum Gasteiger partial charge on any atom is 0.246 e. The van der Waals surface area contributed by atoms with Crippen LogP contribution in [0.1, 0.15) is 31.2 Å². The maximum absolute atomic E-state index is 13.2. The zero-order valence-electron chi connectivity index (χ0n) is 16.1. The third-order valence-electron chi connectivity index (χ3n) is 5.40. The molecule has 1 aromatic rings. The van der Waals surface area contributed by atoms with Crippen molar-refractivity contribution in [1.29, 1.82) is 0 Å². The Morgan fingerprint density at radius 1 is 1.22 bits per heavy atom. The minimum Gasteiger partial charge on any atom is -0.334 e. The van der Waals surface area contributed by atoms with E-state index in [1.54, 1.807) is 18.2 Å². The molecule has 2 amide bonds. The van der Waals surface area contributed by atoms with E-state index >= 15 is 0 Å². The normalized spacial score (nSPS) is 23.2. The Balaban J connectivity index is 1.73. The summed E-state index contributed by atoms with van der Waals surface area (Å²) >= 11 is 0. The zero-order valence-corrected chi connectivity index (χ0v) is 16.1. The van der Waals surface area contributed by atoms with Gasteiger partial charge in [-0.05, 0) is 51.1 Å². The first-order valence-corrected chi connectivity index (χ1v) is 9.61. The number of fused-ring (bicyclic) bond motifs is 1. The lowest BCUT2D eigenvalue weighted by Crippen LogP contribution is -2.46. The second-order valence-electron chi connectivity index (χ2n) is 7.66. The van der Waals surface area contributed by atoms with Crippen molar-refractivity contribution in [3.05, 3.63) is 47.8 Å². The Bertz CT molecular complexity index is 702. The zero-order chi connectivity index (χ0) is 19.4. The number of likely N-dealkylation sites (N-methyl/N-ethyl adjacent to an activating group) is 1. The summed E-state index contributed by atoms with van der Waals surface area (Å²) in [4.78, 5) is 31.2. The molecule has 2 atom stereocenters. The molecule has 0 radical (unpaired) electrons. The molecule has 5 nitrogen and oxygen atoms in total. The van der Waals surface area contributed by atoms with Crippen LogP contribution in [0.15, 0.2) is 36.4 Å². The first kappa shape index (κ1) is 19.5. The van der Waals surface area contributed by atoms with Crippen LogP contribution >= 0.6 is 0 Å². The largest absolute Gasteiger partial charge is 0.334 e. The summed E-state index contributed by atoms with van der Waals surface area (Å²) < 4.78 is 13.2. The summed E-state index contributed by atoms with van der Waals surface area (Å²) in [5.74, 6) is -0.120. The molecule has 2 saturated heterocycles. The smallest absolute Gasteiger partial charge is 0.246 e. The highest BCUT2D eigenvalue weighted by Gasteiger charge is 2.42. The second kappa shape index (κ2) is 8.65. The number of halogens is 1. The molecule has 0 spiro atoms. The van der Waals surface area contributed by atoms with Gasteiger partial charge in [0.15, 0.2) is 0 Å². The molecule has 0 bridgehead atoms. The SMILES string of the molecule is CN(C)C/C=C/C(=O)N1CC[C@H]2[C@@H]1CCCC(=O)N2Cc1ccc(F)cc1. The van der Waals surface area contributed by atoms with Crippen molar-refractivity contribution in [2.45, 2.75) is 44.3 Å². The molecule has 0 aromatic heterocycles. The fraction of sp³-hybridized carbons (Fsp3) is 0.524. The van der Waals surface area contributed by atoms with Crippen LogP contribution in [0.25, 0.3) is 0 Å². The van der Waals surface area contributed by atoms with Gasteiger partial charge in [-0.25, -0.2) is 4.39 Å². The van der Waals surface area contributed by atoms with Crippen LogP contribution in [0.3, 0.4) is 0 Å². The van der Waals surface area contributed by atoms with Gasteiger partial charge in [0.05, 0.1) is 12.1 Å². The summed E-state index contributed by atoms with van der Waals surface area (Å²) in [6, 6.07) is 6.41. The molecule has 3 rings (SSSR count). The molecule has 6 heteroatoms. The number of carbonyl (C=O) groups excluding carboxylic acids is 2. The van der Waals surface area contributed by atoms with E-state index in [0.29, 0.717) is 19.5 Å². The molecule has 2 aliphatic heterocycles. The van der Waals surface area contributed by atoms with E-state index in [0.717, 1.165) is 31.4 Å². The summed E-state index contributed by atoms with van der Waals surface area (Å²) in [6.45, 7) is 1.87. The second-order valence-corrected chi connectivity index (χ2v) is 7.66. The van der Waals surface area contributed by atoms with Gasteiger partial charge in [0.25, 0.3) is 0 Å².